The van der Waals surface area contributed by atoms with Gasteiger partial charge in [-0.25, -0.2) is 4.39 Å². The first kappa shape index (κ1) is 16.4. The van der Waals surface area contributed by atoms with Gasteiger partial charge < -0.3 is 19.5 Å². The van der Waals surface area contributed by atoms with E-state index in [9.17, 15) is 9.18 Å². The lowest BCUT2D eigenvalue weighted by molar-refractivity contribution is -0.141. The van der Waals surface area contributed by atoms with Crippen molar-refractivity contribution in [1.29, 1.82) is 0 Å². The zero-order valence-corrected chi connectivity index (χ0v) is 11.8. The fourth-order valence-electron chi connectivity index (χ4n) is 1.57. The molecular weight excluding hydrogens is 265 g/mol. The Morgan fingerprint density at radius 3 is 2.80 bits per heavy atom. The number of hydrogen-bond donors (Lipinski definition) is 1. The Morgan fingerprint density at radius 2 is 2.10 bits per heavy atom. The number of hydrogen-bond acceptors (Lipinski definition) is 5. The molecule has 0 aliphatic carbocycles. The highest BCUT2D eigenvalue weighted by Gasteiger charge is 2.07. The topological polar surface area (TPSA) is 56.8 Å². The summed E-state index contributed by atoms with van der Waals surface area (Å²) in [7, 11) is 2.94. The van der Waals surface area contributed by atoms with E-state index in [2.05, 4.69) is 10.1 Å². The number of carbonyl (C=O) groups is 1. The number of esters is 1. The third kappa shape index (κ3) is 5.99. The minimum absolute atomic E-state index is 0.157. The van der Waals surface area contributed by atoms with E-state index in [1.807, 2.05) is 0 Å². The maximum atomic E-state index is 13.2. The fraction of sp³-hybridized carbons (Fsp3) is 0.500. The van der Waals surface area contributed by atoms with Crippen molar-refractivity contribution in [3.63, 3.8) is 0 Å². The monoisotopic (exact) mass is 285 g/mol. The van der Waals surface area contributed by atoms with Gasteiger partial charge in [0.25, 0.3) is 0 Å². The van der Waals surface area contributed by atoms with Gasteiger partial charge in [0.1, 0.15) is 11.6 Å². The van der Waals surface area contributed by atoms with Gasteiger partial charge >= 0.3 is 5.97 Å². The molecule has 6 heteroatoms. The molecule has 0 spiro atoms. The molecule has 112 valence electrons. The molecule has 0 aliphatic heterocycles. The molecule has 0 heterocycles. The Bertz CT molecular complexity index is 426. The van der Waals surface area contributed by atoms with E-state index in [0.29, 0.717) is 31.0 Å². The first-order chi connectivity index (χ1) is 9.67. The number of nitrogens with one attached hydrogen (secondary N) is 1. The summed E-state index contributed by atoms with van der Waals surface area (Å²) in [5.41, 5.74) is 0.700. The van der Waals surface area contributed by atoms with Gasteiger partial charge in [-0.15, -0.1) is 0 Å². The SMILES string of the molecule is COCCNCc1cc(F)ccc1OCCC(=O)OC. The van der Waals surface area contributed by atoms with Crippen molar-refractivity contribution in [2.75, 3.05) is 34.0 Å². The molecule has 1 rings (SSSR count). The Labute approximate surface area is 118 Å². The van der Waals surface area contributed by atoms with Gasteiger partial charge in [-0.3, -0.25) is 4.79 Å². The van der Waals surface area contributed by atoms with Crippen LogP contribution in [-0.2, 0) is 20.8 Å². The molecule has 0 radical (unpaired) electrons. The summed E-state index contributed by atoms with van der Waals surface area (Å²) < 4.78 is 28.2. The molecule has 0 atom stereocenters. The Hall–Kier alpha value is -1.66. The van der Waals surface area contributed by atoms with Crippen LogP contribution in [0.4, 0.5) is 4.39 Å². The van der Waals surface area contributed by atoms with Crippen LogP contribution in [0.15, 0.2) is 18.2 Å². The lowest BCUT2D eigenvalue weighted by Gasteiger charge is -2.12. The summed E-state index contributed by atoms with van der Waals surface area (Å²) >= 11 is 0. The molecule has 1 aromatic carbocycles. The third-order valence-corrected chi connectivity index (χ3v) is 2.61. The lowest BCUT2D eigenvalue weighted by Crippen LogP contribution is -2.19. The number of ether oxygens (including phenoxy) is 3. The number of methoxy groups -OCH3 is 2. The first-order valence-corrected chi connectivity index (χ1v) is 6.35. The zero-order valence-electron chi connectivity index (χ0n) is 11.8. The van der Waals surface area contributed by atoms with E-state index < -0.39 is 0 Å². The predicted octanol–water partition coefficient (Wildman–Crippen LogP) is 1.50. The van der Waals surface area contributed by atoms with Crippen molar-refractivity contribution in [3.8, 4) is 5.75 Å². The van der Waals surface area contributed by atoms with Crippen LogP contribution in [0.3, 0.4) is 0 Å². The number of carbonyl (C=O) groups excluding carboxylic acids is 1. The Balaban J connectivity index is 2.53. The summed E-state index contributed by atoms with van der Waals surface area (Å²) in [6, 6.07) is 4.29. The van der Waals surface area contributed by atoms with E-state index in [-0.39, 0.29) is 24.8 Å². The van der Waals surface area contributed by atoms with Crippen LogP contribution >= 0.6 is 0 Å². The van der Waals surface area contributed by atoms with Crippen molar-refractivity contribution in [2.24, 2.45) is 0 Å². The number of halogens is 1. The van der Waals surface area contributed by atoms with Crippen LogP contribution < -0.4 is 10.1 Å². The number of benzene rings is 1. The summed E-state index contributed by atoms with van der Waals surface area (Å²) in [6.45, 7) is 1.90. The molecule has 0 aromatic heterocycles. The summed E-state index contributed by atoms with van der Waals surface area (Å²) in [6.07, 6.45) is 0.157. The average Bonchev–Trinajstić information content (AvgIpc) is 2.45. The average molecular weight is 285 g/mol. The Kier molecular flexibility index (Phi) is 7.60. The van der Waals surface area contributed by atoms with Crippen LogP contribution in [0.5, 0.6) is 5.75 Å². The van der Waals surface area contributed by atoms with Crippen molar-refractivity contribution in [1.82, 2.24) is 5.32 Å². The van der Waals surface area contributed by atoms with Gasteiger partial charge in [-0.05, 0) is 18.2 Å². The standard InChI is InChI=1S/C14H20FNO4/c1-18-8-6-16-10-11-9-12(15)3-4-13(11)20-7-5-14(17)19-2/h3-4,9,16H,5-8,10H2,1-2H3. The van der Waals surface area contributed by atoms with Crippen molar-refractivity contribution < 1.29 is 23.4 Å². The van der Waals surface area contributed by atoms with Gasteiger partial charge in [-0.2, -0.15) is 0 Å². The highest BCUT2D eigenvalue weighted by Crippen LogP contribution is 2.19. The summed E-state index contributed by atoms with van der Waals surface area (Å²) in [5, 5.41) is 3.12. The zero-order chi connectivity index (χ0) is 14.8. The third-order valence-electron chi connectivity index (χ3n) is 2.61. The van der Waals surface area contributed by atoms with Gasteiger partial charge in [-0.1, -0.05) is 0 Å². The van der Waals surface area contributed by atoms with Crippen molar-refractivity contribution >= 4 is 5.97 Å². The van der Waals surface area contributed by atoms with E-state index in [1.165, 1.54) is 19.2 Å². The summed E-state index contributed by atoms with van der Waals surface area (Å²) in [5.74, 6) is -0.110. The van der Waals surface area contributed by atoms with Crippen LogP contribution in [0.1, 0.15) is 12.0 Å². The van der Waals surface area contributed by atoms with Crippen LogP contribution in [0.2, 0.25) is 0 Å². The second-order valence-corrected chi connectivity index (χ2v) is 4.10. The van der Waals surface area contributed by atoms with Gasteiger partial charge in [0.05, 0.1) is 26.7 Å². The highest BCUT2D eigenvalue weighted by molar-refractivity contribution is 5.69. The smallest absolute Gasteiger partial charge is 0.308 e. The highest BCUT2D eigenvalue weighted by atomic mass is 19.1. The molecule has 0 fully saturated rings. The maximum absolute atomic E-state index is 13.2. The maximum Gasteiger partial charge on any atom is 0.308 e. The molecular formula is C14H20FNO4. The molecule has 0 saturated heterocycles. The second kappa shape index (κ2) is 9.28. The molecule has 5 nitrogen and oxygen atoms in total. The molecule has 0 bridgehead atoms. The largest absolute Gasteiger partial charge is 0.493 e. The van der Waals surface area contributed by atoms with Crippen LogP contribution in [-0.4, -0.2) is 39.9 Å². The van der Waals surface area contributed by atoms with Gasteiger partial charge in [0, 0.05) is 25.8 Å². The first-order valence-electron chi connectivity index (χ1n) is 6.35. The minimum Gasteiger partial charge on any atom is -0.493 e. The molecule has 20 heavy (non-hydrogen) atoms. The molecule has 0 amide bonds. The van der Waals surface area contributed by atoms with E-state index >= 15 is 0 Å². The van der Waals surface area contributed by atoms with Crippen molar-refractivity contribution in [2.45, 2.75) is 13.0 Å². The molecule has 0 aliphatic rings. The van der Waals surface area contributed by atoms with E-state index in [1.54, 1.807) is 13.2 Å². The molecule has 1 aromatic rings. The molecule has 0 saturated carbocycles. The second-order valence-electron chi connectivity index (χ2n) is 4.10. The van der Waals surface area contributed by atoms with Gasteiger partial charge in [0.2, 0.25) is 0 Å². The van der Waals surface area contributed by atoms with Gasteiger partial charge in [0.15, 0.2) is 0 Å². The predicted molar refractivity (Wildman–Crippen MR) is 72.1 cm³/mol. The Morgan fingerprint density at radius 1 is 1.30 bits per heavy atom. The minimum atomic E-state index is -0.341. The van der Waals surface area contributed by atoms with Crippen LogP contribution in [0.25, 0.3) is 0 Å². The lowest BCUT2D eigenvalue weighted by atomic mass is 10.2. The van der Waals surface area contributed by atoms with E-state index in [4.69, 9.17) is 9.47 Å². The van der Waals surface area contributed by atoms with Crippen LogP contribution in [0, 0.1) is 5.82 Å². The fourth-order valence-corrected chi connectivity index (χ4v) is 1.57. The number of rotatable bonds is 9. The summed E-state index contributed by atoms with van der Waals surface area (Å²) in [4.78, 5) is 11.0. The molecule has 1 N–H and O–H groups in total. The van der Waals surface area contributed by atoms with E-state index in [0.717, 1.165) is 0 Å². The quantitative estimate of drug-likeness (QED) is 0.550. The normalized spacial score (nSPS) is 10.3. The molecule has 0 unspecified atom stereocenters. The van der Waals surface area contributed by atoms with Crippen molar-refractivity contribution in [3.05, 3.63) is 29.6 Å².